The van der Waals surface area contributed by atoms with E-state index in [1.165, 1.54) is 18.2 Å². The van der Waals surface area contributed by atoms with Crippen molar-refractivity contribution in [1.29, 1.82) is 0 Å². The maximum Gasteiger partial charge on any atom is 0.416 e. The van der Waals surface area contributed by atoms with E-state index in [-0.39, 0.29) is 12.4 Å². The number of halogens is 4. The van der Waals surface area contributed by atoms with Gasteiger partial charge in [-0.2, -0.15) is 13.2 Å². The first-order valence-corrected chi connectivity index (χ1v) is 6.09. The lowest BCUT2D eigenvalue weighted by Crippen LogP contribution is -2.05. The Morgan fingerprint density at radius 3 is 2.45 bits per heavy atom. The van der Waals surface area contributed by atoms with Crippen molar-refractivity contribution >= 4 is 5.97 Å². The van der Waals surface area contributed by atoms with Gasteiger partial charge in [0.1, 0.15) is 18.2 Å². The number of carboxylic acid groups (broad SMARTS) is 1. The molecule has 0 saturated carbocycles. The number of aromatic carboxylic acids is 1. The molecule has 0 amide bonds. The quantitative estimate of drug-likeness (QED) is 0.864. The van der Waals surface area contributed by atoms with Crippen molar-refractivity contribution in [2.75, 3.05) is 0 Å². The van der Waals surface area contributed by atoms with Crippen molar-refractivity contribution < 1.29 is 32.2 Å². The van der Waals surface area contributed by atoms with Crippen molar-refractivity contribution in [2.24, 2.45) is 0 Å². The Bertz CT molecular complexity index is 695. The summed E-state index contributed by atoms with van der Waals surface area (Å²) in [6, 6.07) is 7.67. The molecule has 0 aliphatic heterocycles. The number of ether oxygens (including phenoxy) is 1. The fourth-order valence-electron chi connectivity index (χ4n) is 1.75. The van der Waals surface area contributed by atoms with Crippen LogP contribution in [-0.4, -0.2) is 11.1 Å². The van der Waals surface area contributed by atoms with Gasteiger partial charge in [-0.05, 0) is 35.9 Å². The van der Waals surface area contributed by atoms with E-state index in [1.807, 2.05) is 0 Å². The highest BCUT2D eigenvalue weighted by molar-refractivity contribution is 5.87. The van der Waals surface area contributed by atoms with E-state index in [2.05, 4.69) is 0 Å². The molecule has 0 fully saturated rings. The van der Waals surface area contributed by atoms with Crippen LogP contribution in [0, 0.1) is 5.82 Å². The van der Waals surface area contributed by atoms with Crippen LogP contribution in [0.25, 0.3) is 0 Å². The lowest BCUT2D eigenvalue weighted by Gasteiger charge is -2.10. The van der Waals surface area contributed by atoms with Crippen molar-refractivity contribution in [2.45, 2.75) is 12.8 Å². The highest BCUT2D eigenvalue weighted by Crippen LogP contribution is 2.31. The Labute approximate surface area is 122 Å². The summed E-state index contributed by atoms with van der Waals surface area (Å²) in [6.07, 6.45) is -4.48. The van der Waals surface area contributed by atoms with Gasteiger partial charge in [-0.3, -0.25) is 0 Å². The lowest BCUT2D eigenvalue weighted by atomic mass is 10.1. The minimum atomic E-state index is -4.48. The molecule has 2 aromatic carbocycles. The van der Waals surface area contributed by atoms with Gasteiger partial charge in [0.2, 0.25) is 0 Å². The van der Waals surface area contributed by atoms with Gasteiger partial charge < -0.3 is 9.84 Å². The fourth-order valence-corrected chi connectivity index (χ4v) is 1.75. The third-order valence-electron chi connectivity index (χ3n) is 2.83. The van der Waals surface area contributed by atoms with Crippen molar-refractivity contribution in [3.05, 3.63) is 65.0 Å². The Kier molecular flexibility index (Phi) is 4.35. The average molecular weight is 314 g/mol. The van der Waals surface area contributed by atoms with Crippen LogP contribution >= 0.6 is 0 Å². The first-order chi connectivity index (χ1) is 10.3. The van der Waals surface area contributed by atoms with E-state index in [0.717, 1.165) is 24.3 Å². The monoisotopic (exact) mass is 314 g/mol. The summed E-state index contributed by atoms with van der Waals surface area (Å²) >= 11 is 0. The molecule has 0 atom stereocenters. The van der Waals surface area contributed by atoms with Crippen LogP contribution in [0.1, 0.15) is 21.5 Å². The number of hydrogen-bond acceptors (Lipinski definition) is 2. The first-order valence-electron chi connectivity index (χ1n) is 6.09. The third kappa shape index (κ3) is 3.75. The highest BCUT2D eigenvalue weighted by atomic mass is 19.4. The molecule has 0 saturated heterocycles. The van der Waals surface area contributed by atoms with Gasteiger partial charge in [0, 0.05) is 0 Å². The normalized spacial score (nSPS) is 11.3. The van der Waals surface area contributed by atoms with E-state index in [1.54, 1.807) is 0 Å². The molecular weight excluding hydrogens is 304 g/mol. The molecule has 22 heavy (non-hydrogen) atoms. The predicted molar refractivity (Wildman–Crippen MR) is 69.1 cm³/mol. The molecule has 0 heterocycles. The second-order valence-corrected chi connectivity index (χ2v) is 4.43. The molecule has 2 aromatic rings. The van der Waals surface area contributed by atoms with Gasteiger partial charge >= 0.3 is 12.1 Å². The van der Waals surface area contributed by atoms with E-state index < -0.39 is 29.1 Å². The number of rotatable bonds is 4. The van der Waals surface area contributed by atoms with Gasteiger partial charge in [0.25, 0.3) is 0 Å². The number of alkyl halides is 3. The van der Waals surface area contributed by atoms with Gasteiger partial charge in [-0.1, -0.05) is 12.1 Å². The average Bonchev–Trinajstić information content (AvgIpc) is 2.44. The Morgan fingerprint density at radius 1 is 1.14 bits per heavy atom. The summed E-state index contributed by atoms with van der Waals surface area (Å²) in [4.78, 5) is 10.7. The van der Waals surface area contributed by atoms with Gasteiger partial charge in [0.05, 0.1) is 11.1 Å². The number of carbonyl (C=O) groups is 1. The van der Waals surface area contributed by atoms with Gasteiger partial charge in [-0.25, -0.2) is 9.18 Å². The summed E-state index contributed by atoms with van der Waals surface area (Å²) in [6.45, 7) is -0.182. The first kappa shape index (κ1) is 15.8. The summed E-state index contributed by atoms with van der Waals surface area (Å²) in [5.74, 6) is -2.35. The minimum absolute atomic E-state index is 0.0162. The number of benzene rings is 2. The number of hydrogen-bond donors (Lipinski definition) is 1. The molecule has 0 unspecified atom stereocenters. The van der Waals surface area contributed by atoms with E-state index >= 15 is 0 Å². The highest BCUT2D eigenvalue weighted by Gasteiger charge is 2.30. The standard InChI is InChI=1S/C15H10F4O3/c16-13-6-9(4-5-12(13)14(20)21)8-22-11-3-1-2-10(7-11)15(17,18)19/h1-7H,8H2,(H,20,21). The zero-order valence-electron chi connectivity index (χ0n) is 11.0. The van der Waals surface area contributed by atoms with E-state index in [4.69, 9.17) is 9.84 Å². The predicted octanol–water partition coefficient (Wildman–Crippen LogP) is 4.12. The lowest BCUT2D eigenvalue weighted by molar-refractivity contribution is -0.137. The summed E-state index contributed by atoms with van der Waals surface area (Å²) < 4.78 is 56.3. The molecule has 2 rings (SSSR count). The SMILES string of the molecule is O=C(O)c1ccc(COc2cccc(C(F)(F)F)c2)cc1F. The Morgan fingerprint density at radius 2 is 1.86 bits per heavy atom. The molecule has 0 radical (unpaired) electrons. The fraction of sp³-hybridized carbons (Fsp3) is 0.133. The molecule has 0 aliphatic rings. The number of carboxylic acids is 1. The molecule has 116 valence electrons. The second kappa shape index (κ2) is 6.05. The Balaban J connectivity index is 2.10. The van der Waals surface area contributed by atoms with Crippen LogP contribution in [0.2, 0.25) is 0 Å². The molecule has 3 nitrogen and oxygen atoms in total. The zero-order valence-corrected chi connectivity index (χ0v) is 11.0. The summed E-state index contributed by atoms with van der Waals surface area (Å²) in [5, 5.41) is 8.69. The topological polar surface area (TPSA) is 46.5 Å². The van der Waals surface area contributed by atoms with Crippen LogP contribution in [0.15, 0.2) is 42.5 Å². The second-order valence-electron chi connectivity index (χ2n) is 4.43. The molecule has 0 spiro atoms. The van der Waals surface area contributed by atoms with Gasteiger partial charge in [0.15, 0.2) is 0 Å². The Hall–Kier alpha value is -2.57. The van der Waals surface area contributed by atoms with Crippen molar-refractivity contribution in [3.8, 4) is 5.75 Å². The van der Waals surface area contributed by atoms with Crippen LogP contribution in [-0.2, 0) is 12.8 Å². The largest absolute Gasteiger partial charge is 0.489 e. The maximum absolute atomic E-state index is 13.5. The van der Waals surface area contributed by atoms with Crippen LogP contribution in [0.5, 0.6) is 5.75 Å². The van der Waals surface area contributed by atoms with Gasteiger partial charge in [-0.15, -0.1) is 0 Å². The van der Waals surface area contributed by atoms with Crippen LogP contribution in [0.4, 0.5) is 17.6 Å². The van der Waals surface area contributed by atoms with Crippen LogP contribution in [0.3, 0.4) is 0 Å². The molecule has 0 aromatic heterocycles. The van der Waals surface area contributed by atoms with Crippen molar-refractivity contribution in [1.82, 2.24) is 0 Å². The summed E-state index contributed by atoms with van der Waals surface area (Å²) in [5.41, 5.74) is -1.03. The third-order valence-corrected chi connectivity index (χ3v) is 2.83. The van der Waals surface area contributed by atoms with Crippen molar-refractivity contribution in [3.63, 3.8) is 0 Å². The van der Waals surface area contributed by atoms with E-state index in [0.29, 0.717) is 5.56 Å². The maximum atomic E-state index is 13.5. The molecule has 0 aliphatic carbocycles. The molecule has 1 N–H and O–H groups in total. The molecular formula is C15H10F4O3. The zero-order chi connectivity index (χ0) is 16.3. The summed E-state index contributed by atoms with van der Waals surface area (Å²) in [7, 11) is 0. The smallest absolute Gasteiger partial charge is 0.416 e. The van der Waals surface area contributed by atoms with Crippen LogP contribution < -0.4 is 4.74 Å². The molecule has 7 heteroatoms. The van der Waals surface area contributed by atoms with E-state index in [9.17, 15) is 22.4 Å². The minimum Gasteiger partial charge on any atom is -0.489 e. The molecule has 0 bridgehead atoms.